The van der Waals surface area contributed by atoms with Gasteiger partial charge in [-0.15, -0.1) is 11.3 Å². The molecule has 1 fully saturated rings. The average Bonchev–Trinajstić information content (AvgIpc) is 2.98. The molecule has 0 spiro atoms. The highest BCUT2D eigenvalue weighted by Gasteiger charge is 2.22. The van der Waals surface area contributed by atoms with E-state index in [1.54, 1.807) is 17.5 Å². The van der Waals surface area contributed by atoms with Crippen LogP contribution in [0.2, 0.25) is 0 Å². The molecule has 0 aromatic carbocycles. The third kappa shape index (κ3) is 2.23. The van der Waals surface area contributed by atoms with Gasteiger partial charge in [-0.1, -0.05) is 5.16 Å². The Morgan fingerprint density at radius 1 is 1.53 bits per heavy atom. The van der Waals surface area contributed by atoms with Crippen molar-refractivity contribution in [2.75, 3.05) is 13.1 Å². The molecule has 0 amide bonds. The minimum Gasteiger partial charge on any atom is -0.339 e. The lowest BCUT2D eigenvalue weighted by Crippen LogP contribution is -2.28. The van der Waals surface area contributed by atoms with Gasteiger partial charge in [0.2, 0.25) is 11.7 Å². The highest BCUT2D eigenvalue weighted by atomic mass is 32.1. The van der Waals surface area contributed by atoms with E-state index in [0.717, 1.165) is 35.3 Å². The fourth-order valence-corrected chi connectivity index (χ4v) is 2.73. The summed E-state index contributed by atoms with van der Waals surface area (Å²) in [5.74, 6) is 1.77. The van der Waals surface area contributed by atoms with Crippen LogP contribution < -0.4 is 5.32 Å². The van der Waals surface area contributed by atoms with Gasteiger partial charge in [0, 0.05) is 12.7 Å². The Kier molecular flexibility index (Phi) is 2.90. The van der Waals surface area contributed by atoms with E-state index in [0.29, 0.717) is 11.7 Å². The summed E-state index contributed by atoms with van der Waals surface area (Å²) in [5.41, 5.74) is 0. The summed E-state index contributed by atoms with van der Waals surface area (Å²) in [5, 5.41) is 8.40. The van der Waals surface area contributed by atoms with Crippen LogP contribution in [0, 0.1) is 6.92 Å². The average molecular weight is 250 g/mol. The zero-order valence-corrected chi connectivity index (χ0v) is 10.5. The van der Waals surface area contributed by atoms with E-state index in [-0.39, 0.29) is 0 Å². The minimum absolute atomic E-state index is 0.360. The molecule has 90 valence electrons. The molecule has 0 bridgehead atoms. The Balaban J connectivity index is 1.82. The molecule has 0 aliphatic carbocycles. The van der Waals surface area contributed by atoms with E-state index in [9.17, 15) is 0 Å². The lowest BCUT2D eigenvalue weighted by atomic mass is 10.00. The van der Waals surface area contributed by atoms with Crippen molar-refractivity contribution in [1.29, 1.82) is 0 Å². The highest BCUT2D eigenvalue weighted by molar-refractivity contribution is 7.14. The molecule has 5 nitrogen and oxygen atoms in total. The molecular formula is C11H14N4OS. The van der Waals surface area contributed by atoms with Crippen molar-refractivity contribution in [3.8, 4) is 10.7 Å². The van der Waals surface area contributed by atoms with Crippen LogP contribution in [-0.2, 0) is 0 Å². The molecule has 1 aliphatic heterocycles. The van der Waals surface area contributed by atoms with Gasteiger partial charge in [-0.3, -0.25) is 0 Å². The molecule has 1 atom stereocenters. The van der Waals surface area contributed by atoms with Crippen molar-refractivity contribution in [2.24, 2.45) is 0 Å². The smallest absolute Gasteiger partial charge is 0.231 e. The number of thiazole rings is 1. The van der Waals surface area contributed by atoms with Crippen LogP contribution in [0.4, 0.5) is 0 Å². The van der Waals surface area contributed by atoms with E-state index in [2.05, 4.69) is 20.4 Å². The van der Waals surface area contributed by atoms with Crippen LogP contribution in [0.25, 0.3) is 10.7 Å². The first-order valence-electron chi connectivity index (χ1n) is 5.80. The molecule has 1 N–H and O–H groups in total. The van der Waals surface area contributed by atoms with Gasteiger partial charge in [0.05, 0.1) is 15.8 Å². The number of nitrogens with zero attached hydrogens (tertiary/aromatic N) is 3. The lowest BCUT2D eigenvalue weighted by molar-refractivity contribution is 0.322. The summed E-state index contributed by atoms with van der Waals surface area (Å²) in [6.07, 6.45) is 4.09. The molecule has 2 aromatic heterocycles. The molecule has 3 heterocycles. The maximum absolute atomic E-state index is 5.35. The van der Waals surface area contributed by atoms with Gasteiger partial charge in [-0.2, -0.15) is 4.98 Å². The fourth-order valence-electron chi connectivity index (χ4n) is 2.03. The van der Waals surface area contributed by atoms with Gasteiger partial charge >= 0.3 is 0 Å². The predicted molar refractivity (Wildman–Crippen MR) is 65.0 cm³/mol. The number of piperidine rings is 1. The van der Waals surface area contributed by atoms with Gasteiger partial charge < -0.3 is 9.84 Å². The Morgan fingerprint density at radius 3 is 3.18 bits per heavy atom. The lowest BCUT2D eigenvalue weighted by Gasteiger charge is -2.18. The Bertz CT molecular complexity index is 501. The second kappa shape index (κ2) is 4.54. The van der Waals surface area contributed by atoms with Crippen molar-refractivity contribution in [3.63, 3.8) is 0 Å². The molecular weight excluding hydrogens is 236 g/mol. The third-order valence-corrected chi connectivity index (χ3v) is 3.84. The second-order valence-corrected chi connectivity index (χ2v) is 5.48. The zero-order chi connectivity index (χ0) is 11.7. The molecule has 1 aliphatic rings. The summed E-state index contributed by atoms with van der Waals surface area (Å²) in [4.78, 5) is 9.64. The normalized spacial score (nSPS) is 20.6. The van der Waals surface area contributed by atoms with E-state index in [4.69, 9.17) is 4.52 Å². The molecule has 0 saturated carbocycles. The van der Waals surface area contributed by atoms with Crippen molar-refractivity contribution < 1.29 is 4.52 Å². The van der Waals surface area contributed by atoms with Gasteiger partial charge in [-0.25, -0.2) is 4.98 Å². The SMILES string of the molecule is Cc1ncc(-c2noc(C3CCCNC3)n2)s1. The summed E-state index contributed by atoms with van der Waals surface area (Å²) in [6.45, 7) is 4.00. The van der Waals surface area contributed by atoms with Gasteiger partial charge in [0.25, 0.3) is 0 Å². The first-order chi connectivity index (χ1) is 8.33. The third-order valence-electron chi connectivity index (χ3n) is 2.93. The highest BCUT2D eigenvalue weighted by Crippen LogP contribution is 2.27. The zero-order valence-electron chi connectivity index (χ0n) is 9.64. The largest absolute Gasteiger partial charge is 0.339 e. The number of hydrogen-bond donors (Lipinski definition) is 1. The van der Waals surface area contributed by atoms with Crippen LogP contribution in [0.3, 0.4) is 0 Å². The first kappa shape index (κ1) is 10.9. The standard InChI is InChI=1S/C11H14N4OS/c1-7-13-6-9(17-7)10-14-11(16-15-10)8-3-2-4-12-5-8/h6,8,12H,2-5H2,1H3. The quantitative estimate of drug-likeness (QED) is 0.882. The van der Waals surface area contributed by atoms with Crippen LogP contribution in [0.5, 0.6) is 0 Å². The second-order valence-electron chi connectivity index (χ2n) is 4.24. The Hall–Kier alpha value is -1.27. The van der Waals surface area contributed by atoms with Gasteiger partial charge in [0.15, 0.2) is 0 Å². The molecule has 2 aromatic rings. The number of hydrogen-bond acceptors (Lipinski definition) is 6. The van der Waals surface area contributed by atoms with E-state index in [1.165, 1.54) is 6.42 Å². The molecule has 0 radical (unpaired) electrons. The van der Waals surface area contributed by atoms with Crippen molar-refractivity contribution in [3.05, 3.63) is 17.1 Å². The fraction of sp³-hybridized carbons (Fsp3) is 0.545. The number of nitrogens with one attached hydrogen (secondary N) is 1. The minimum atomic E-state index is 0.360. The molecule has 1 saturated heterocycles. The van der Waals surface area contributed by atoms with Crippen LogP contribution in [0.15, 0.2) is 10.7 Å². The summed E-state index contributed by atoms with van der Waals surface area (Å²) < 4.78 is 5.35. The number of aromatic nitrogens is 3. The number of rotatable bonds is 2. The maximum Gasteiger partial charge on any atom is 0.231 e. The van der Waals surface area contributed by atoms with Crippen molar-refractivity contribution in [2.45, 2.75) is 25.7 Å². The van der Waals surface area contributed by atoms with E-state index >= 15 is 0 Å². The van der Waals surface area contributed by atoms with Crippen molar-refractivity contribution in [1.82, 2.24) is 20.4 Å². The summed E-state index contributed by atoms with van der Waals surface area (Å²) in [6, 6.07) is 0. The van der Waals surface area contributed by atoms with Crippen LogP contribution in [0.1, 0.15) is 29.7 Å². The van der Waals surface area contributed by atoms with Gasteiger partial charge in [0.1, 0.15) is 0 Å². The van der Waals surface area contributed by atoms with E-state index in [1.807, 2.05) is 6.92 Å². The molecule has 1 unspecified atom stereocenters. The molecule has 3 rings (SSSR count). The molecule has 17 heavy (non-hydrogen) atoms. The predicted octanol–water partition coefficient (Wildman–Crippen LogP) is 1.97. The van der Waals surface area contributed by atoms with Crippen LogP contribution >= 0.6 is 11.3 Å². The topological polar surface area (TPSA) is 63.8 Å². The monoisotopic (exact) mass is 250 g/mol. The van der Waals surface area contributed by atoms with Gasteiger partial charge in [-0.05, 0) is 26.3 Å². The van der Waals surface area contributed by atoms with Crippen molar-refractivity contribution >= 4 is 11.3 Å². The molecule has 6 heteroatoms. The summed E-state index contributed by atoms with van der Waals surface area (Å²) >= 11 is 1.59. The maximum atomic E-state index is 5.35. The Labute approximate surface area is 103 Å². The summed E-state index contributed by atoms with van der Waals surface area (Å²) in [7, 11) is 0. The van der Waals surface area contributed by atoms with E-state index < -0.39 is 0 Å². The first-order valence-corrected chi connectivity index (χ1v) is 6.62. The Morgan fingerprint density at radius 2 is 2.47 bits per heavy atom. The van der Waals surface area contributed by atoms with Crippen LogP contribution in [-0.4, -0.2) is 28.2 Å². The number of aryl methyl sites for hydroxylation is 1.